The molecule has 0 aliphatic heterocycles. The fraction of sp³-hybridized carbons (Fsp3) is 0.0870. The minimum atomic E-state index is -0.312. The van der Waals surface area contributed by atoms with Gasteiger partial charge < -0.3 is 10.6 Å². The van der Waals surface area contributed by atoms with Gasteiger partial charge in [0.1, 0.15) is 0 Å². The summed E-state index contributed by atoms with van der Waals surface area (Å²) < 4.78 is 1.05. The zero-order chi connectivity index (χ0) is 21.3. The first kappa shape index (κ1) is 21.5. The lowest BCUT2D eigenvalue weighted by molar-refractivity contribution is -0.115. The molecular formula is C23H21IN4O2. The number of hydrogen-bond donors (Lipinski definition) is 3. The van der Waals surface area contributed by atoms with Crippen LogP contribution in [-0.2, 0) is 4.79 Å². The molecule has 30 heavy (non-hydrogen) atoms. The molecule has 0 aliphatic rings. The van der Waals surface area contributed by atoms with Gasteiger partial charge in [-0.2, -0.15) is 5.10 Å². The van der Waals surface area contributed by atoms with Crippen LogP contribution in [-0.4, -0.2) is 17.5 Å². The topological polar surface area (TPSA) is 82.6 Å². The molecule has 3 N–H and O–H groups in total. The minimum absolute atomic E-state index is 0.0803. The number of benzene rings is 3. The average molecular weight is 512 g/mol. The highest BCUT2D eigenvalue weighted by atomic mass is 127. The highest BCUT2D eigenvalue weighted by molar-refractivity contribution is 14.1. The van der Waals surface area contributed by atoms with E-state index in [0.717, 1.165) is 14.9 Å². The number of nitrogens with one attached hydrogen (secondary N) is 3. The van der Waals surface area contributed by atoms with E-state index in [1.807, 2.05) is 66.7 Å². The fourth-order valence-electron chi connectivity index (χ4n) is 2.61. The van der Waals surface area contributed by atoms with E-state index in [1.54, 1.807) is 19.1 Å². The standard InChI is InChI=1S/C23H21IN4O2/c1-16(27-28-23(30)17-7-9-18(24)10-8-17)15-22(29)26-21-13-11-20(12-14-21)25-19-5-3-2-4-6-19/h2-14,25H,15H2,1H3,(H,26,29)(H,28,30)/b27-16+. The number of hydrogen-bond acceptors (Lipinski definition) is 4. The van der Waals surface area contributed by atoms with E-state index >= 15 is 0 Å². The maximum atomic E-state index is 12.2. The van der Waals surface area contributed by atoms with Crippen molar-refractivity contribution in [3.63, 3.8) is 0 Å². The van der Waals surface area contributed by atoms with Crippen molar-refractivity contribution in [1.29, 1.82) is 0 Å². The molecule has 0 heterocycles. The fourth-order valence-corrected chi connectivity index (χ4v) is 2.97. The quantitative estimate of drug-likeness (QED) is 0.232. The van der Waals surface area contributed by atoms with Crippen LogP contribution in [0.2, 0.25) is 0 Å². The Labute approximate surface area is 188 Å². The Morgan fingerprint density at radius 2 is 1.43 bits per heavy atom. The predicted octanol–water partition coefficient (Wildman–Crippen LogP) is 5.17. The van der Waals surface area contributed by atoms with Gasteiger partial charge in [0.15, 0.2) is 0 Å². The van der Waals surface area contributed by atoms with Crippen LogP contribution in [0.15, 0.2) is 84.0 Å². The first-order valence-electron chi connectivity index (χ1n) is 9.30. The highest BCUT2D eigenvalue weighted by Crippen LogP contribution is 2.18. The summed E-state index contributed by atoms with van der Waals surface area (Å²) >= 11 is 2.17. The summed E-state index contributed by atoms with van der Waals surface area (Å²) in [5.74, 6) is -0.517. The SMILES string of the molecule is C/C(CC(=O)Nc1ccc(Nc2ccccc2)cc1)=N\NC(=O)c1ccc(I)cc1. The summed E-state index contributed by atoms with van der Waals surface area (Å²) in [7, 11) is 0. The lowest BCUT2D eigenvalue weighted by Gasteiger charge is -2.09. The van der Waals surface area contributed by atoms with Crippen molar-refractivity contribution in [2.24, 2.45) is 5.10 Å². The van der Waals surface area contributed by atoms with Crippen LogP contribution in [0.4, 0.5) is 17.1 Å². The highest BCUT2D eigenvalue weighted by Gasteiger charge is 2.07. The molecule has 0 atom stereocenters. The Morgan fingerprint density at radius 3 is 2.10 bits per heavy atom. The summed E-state index contributed by atoms with van der Waals surface area (Å²) in [6.45, 7) is 1.70. The van der Waals surface area contributed by atoms with Crippen LogP contribution in [0.5, 0.6) is 0 Å². The van der Waals surface area contributed by atoms with Crippen molar-refractivity contribution in [1.82, 2.24) is 5.43 Å². The molecule has 6 nitrogen and oxygen atoms in total. The number of carbonyl (C=O) groups excluding carboxylic acids is 2. The van der Waals surface area contributed by atoms with Crippen LogP contribution in [0.3, 0.4) is 0 Å². The molecule has 3 rings (SSSR count). The van der Waals surface area contributed by atoms with Gasteiger partial charge in [-0.05, 0) is 90.2 Å². The third-order valence-corrected chi connectivity index (χ3v) is 4.82. The molecular weight excluding hydrogens is 491 g/mol. The van der Waals surface area contributed by atoms with E-state index in [4.69, 9.17) is 0 Å². The largest absolute Gasteiger partial charge is 0.356 e. The van der Waals surface area contributed by atoms with Crippen molar-refractivity contribution >= 4 is 57.2 Å². The molecule has 0 bridgehead atoms. The molecule has 0 fully saturated rings. The zero-order valence-electron chi connectivity index (χ0n) is 16.4. The van der Waals surface area contributed by atoms with E-state index in [2.05, 4.69) is 43.8 Å². The van der Waals surface area contributed by atoms with E-state index in [0.29, 0.717) is 17.0 Å². The molecule has 152 valence electrons. The van der Waals surface area contributed by atoms with E-state index in [1.165, 1.54) is 0 Å². The molecule has 0 unspecified atom stereocenters. The normalized spacial score (nSPS) is 10.9. The average Bonchev–Trinajstić information content (AvgIpc) is 2.74. The van der Waals surface area contributed by atoms with Gasteiger partial charge in [0, 0.05) is 31.9 Å². The van der Waals surface area contributed by atoms with E-state index < -0.39 is 0 Å². The number of anilines is 3. The van der Waals surface area contributed by atoms with Crippen molar-refractivity contribution in [3.8, 4) is 0 Å². The summed E-state index contributed by atoms with van der Waals surface area (Å²) in [6.07, 6.45) is 0.0803. The van der Waals surface area contributed by atoms with Crippen LogP contribution in [0.1, 0.15) is 23.7 Å². The Balaban J connectivity index is 1.48. The monoisotopic (exact) mass is 512 g/mol. The Morgan fingerprint density at radius 1 is 0.833 bits per heavy atom. The number of halogens is 1. The van der Waals surface area contributed by atoms with E-state index in [-0.39, 0.29) is 18.2 Å². The number of nitrogens with zero attached hydrogens (tertiary/aromatic N) is 1. The minimum Gasteiger partial charge on any atom is -0.356 e. The molecule has 3 aromatic carbocycles. The number of rotatable bonds is 7. The smallest absolute Gasteiger partial charge is 0.271 e. The number of amides is 2. The zero-order valence-corrected chi connectivity index (χ0v) is 18.5. The molecule has 0 radical (unpaired) electrons. The molecule has 0 saturated carbocycles. The number of carbonyl (C=O) groups is 2. The second-order valence-corrected chi connectivity index (χ2v) is 7.83. The van der Waals surface area contributed by atoms with Gasteiger partial charge >= 0.3 is 0 Å². The first-order chi connectivity index (χ1) is 14.5. The number of para-hydroxylation sites is 1. The van der Waals surface area contributed by atoms with Gasteiger partial charge in [0.25, 0.3) is 5.91 Å². The summed E-state index contributed by atoms with van der Waals surface area (Å²) in [5.41, 5.74) is 6.11. The van der Waals surface area contributed by atoms with Crippen LogP contribution in [0.25, 0.3) is 0 Å². The summed E-state index contributed by atoms with van der Waals surface area (Å²) in [5, 5.41) is 10.1. The Bertz CT molecular complexity index is 1030. The first-order valence-corrected chi connectivity index (χ1v) is 10.4. The summed E-state index contributed by atoms with van der Waals surface area (Å²) in [6, 6.07) is 24.4. The van der Waals surface area contributed by atoms with Gasteiger partial charge in [-0.15, -0.1) is 0 Å². The Kier molecular flexibility index (Phi) is 7.56. The van der Waals surface area contributed by atoms with Crippen LogP contribution >= 0.6 is 22.6 Å². The maximum Gasteiger partial charge on any atom is 0.271 e. The lowest BCUT2D eigenvalue weighted by atomic mass is 10.2. The maximum absolute atomic E-state index is 12.2. The van der Waals surface area contributed by atoms with Crippen molar-refractivity contribution < 1.29 is 9.59 Å². The molecule has 2 amide bonds. The third-order valence-electron chi connectivity index (χ3n) is 4.10. The van der Waals surface area contributed by atoms with Crippen molar-refractivity contribution in [2.45, 2.75) is 13.3 Å². The van der Waals surface area contributed by atoms with Gasteiger partial charge in [-0.1, -0.05) is 18.2 Å². The van der Waals surface area contributed by atoms with Gasteiger partial charge in [-0.3, -0.25) is 9.59 Å². The molecule has 0 spiro atoms. The molecule has 3 aromatic rings. The van der Waals surface area contributed by atoms with Gasteiger partial charge in [0.2, 0.25) is 5.91 Å². The van der Waals surface area contributed by atoms with Crippen molar-refractivity contribution in [3.05, 3.63) is 88.0 Å². The van der Waals surface area contributed by atoms with Crippen molar-refractivity contribution in [2.75, 3.05) is 10.6 Å². The van der Waals surface area contributed by atoms with Gasteiger partial charge in [-0.25, -0.2) is 5.43 Å². The predicted molar refractivity (Wildman–Crippen MR) is 129 cm³/mol. The van der Waals surface area contributed by atoms with Crippen LogP contribution in [0, 0.1) is 3.57 Å². The van der Waals surface area contributed by atoms with Gasteiger partial charge in [0.05, 0.1) is 6.42 Å². The van der Waals surface area contributed by atoms with Crippen LogP contribution < -0.4 is 16.1 Å². The van der Waals surface area contributed by atoms with E-state index in [9.17, 15) is 9.59 Å². The lowest BCUT2D eigenvalue weighted by Crippen LogP contribution is -2.21. The molecule has 7 heteroatoms. The second kappa shape index (κ2) is 10.5. The molecule has 0 aromatic heterocycles. The molecule has 0 aliphatic carbocycles. The summed E-state index contributed by atoms with van der Waals surface area (Å²) in [4.78, 5) is 24.3. The molecule has 0 saturated heterocycles. The Hall–Kier alpha value is -3.20. The number of hydrazone groups is 1. The third kappa shape index (κ3) is 6.70. The second-order valence-electron chi connectivity index (χ2n) is 6.59.